The van der Waals surface area contributed by atoms with Gasteiger partial charge in [-0.15, -0.1) is 0 Å². The molecule has 0 bridgehead atoms. The molecule has 0 rings (SSSR count). The normalized spacial score (nSPS) is 10.6. The van der Waals surface area contributed by atoms with Gasteiger partial charge in [-0.05, 0) is 27.7 Å². The lowest BCUT2D eigenvalue weighted by atomic mass is 10.2. The average molecular weight is 190 g/mol. The monoisotopic (exact) mass is 190 g/mol. The van der Waals surface area contributed by atoms with Gasteiger partial charge in [0.15, 0.2) is 0 Å². The summed E-state index contributed by atoms with van der Waals surface area (Å²) < 4.78 is 2.71. The van der Waals surface area contributed by atoms with Crippen LogP contribution in [0.2, 0.25) is 0 Å². The first-order valence-electron chi connectivity index (χ1n) is 4.12. The van der Waals surface area contributed by atoms with Crippen LogP contribution in [-0.4, -0.2) is 29.3 Å². The number of nitrogens with zero attached hydrogens (tertiary/aromatic N) is 1. The zero-order valence-electron chi connectivity index (χ0n) is 8.42. The summed E-state index contributed by atoms with van der Waals surface area (Å²) in [6.07, 6.45) is 1.84. The molecule has 0 fully saturated rings. The zero-order chi connectivity index (χ0) is 9.72. The molecule has 0 aliphatic rings. The second kappa shape index (κ2) is 5.30. The van der Waals surface area contributed by atoms with E-state index >= 15 is 0 Å². The van der Waals surface area contributed by atoms with E-state index in [1.54, 1.807) is 0 Å². The highest BCUT2D eigenvalue weighted by Gasteiger charge is 2.18. The summed E-state index contributed by atoms with van der Waals surface area (Å²) in [6, 6.07) is 0.488. The van der Waals surface area contributed by atoms with Crippen LogP contribution in [0.1, 0.15) is 27.7 Å². The maximum Gasteiger partial charge on any atom is 0.327 e. The van der Waals surface area contributed by atoms with Gasteiger partial charge in [0, 0.05) is 18.3 Å². The molecule has 0 atom stereocenters. The van der Waals surface area contributed by atoms with Crippen LogP contribution in [0.25, 0.3) is 0 Å². The Kier molecular flexibility index (Phi) is 5.13. The van der Waals surface area contributed by atoms with Gasteiger partial charge in [-0.25, -0.2) is 4.79 Å². The van der Waals surface area contributed by atoms with Gasteiger partial charge in [0.2, 0.25) is 0 Å². The fourth-order valence-corrected chi connectivity index (χ4v) is 1.49. The number of hydrogen-bond acceptors (Lipinski definition) is 2. The highest BCUT2D eigenvalue weighted by Crippen LogP contribution is 2.05. The topological polar surface area (TPSA) is 32.3 Å². The molecule has 0 heterocycles. The van der Waals surface area contributed by atoms with E-state index in [1.807, 2.05) is 38.9 Å². The van der Waals surface area contributed by atoms with Crippen molar-refractivity contribution in [2.75, 3.05) is 6.26 Å². The summed E-state index contributed by atoms with van der Waals surface area (Å²) in [4.78, 5) is 13.2. The molecule has 0 aliphatic heterocycles. The van der Waals surface area contributed by atoms with Crippen LogP contribution >= 0.6 is 11.9 Å². The van der Waals surface area contributed by atoms with Crippen LogP contribution in [0, 0.1) is 0 Å². The van der Waals surface area contributed by atoms with Gasteiger partial charge < -0.3 is 4.90 Å². The van der Waals surface area contributed by atoms with Crippen LogP contribution in [-0.2, 0) is 0 Å². The zero-order valence-corrected chi connectivity index (χ0v) is 9.23. The van der Waals surface area contributed by atoms with E-state index in [0.29, 0.717) is 0 Å². The smallest absolute Gasteiger partial charge is 0.319 e. The Morgan fingerprint density at radius 1 is 1.25 bits per heavy atom. The number of urea groups is 1. The second-order valence-electron chi connectivity index (χ2n) is 3.21. The molecule has 4 heteroatoms. The lowest BCUT2D eigenvalue weighted by molar-refractivity contribution is 0.171. The van der Waals surface area contributed by atoms with Gasteiger partial charge >= 0.3 is 6.03 Å². The number of carbonyl (C=O) groups excluding carboxylic acids is 1. The first-order chi connectivity index (χ1) is 5.50. The van der Waals surface area contributed by atoms with E-state index in [0.717, 1.165) is 0 Å². The molecule has 12 heavy (non-hydrogen) atoms. The van der Waals surface area contributed by atoms with Crippen molar-refractivity contribution in [3.63, 3.8) is 0 Å². The minimum Gasteiger partial charge on any atom is -0.319 e. The van der Waals surface area contributed by atoms with Crippen molar-refractivity contribution in [2.24, 2.45) is 0 Å². The lowest BCUT2D eigenvalue weighted by Gasteiger charge is -2.30. The van der Waals surface area contributed by atoms with Gasteiger partial charge in [0.05, 0.1) is 0 Å². The maximum atomic E-state index is 11.4. The fraction of sp³-hybridized carbons (Fsp3) is 0.875. The Labute approximate surface area is 79.0 Å². The molecule has 0 aliphatic carbocycles. The minimum atomic E-state index is -0.00694. The summed E-state index contributed by atoms with van der Waals surface area (Å²) in [6.45, 7) is 8.06. The van der Waals surface area contributed by atoms with Gasteiger partial charge in [0.1, 0.15) is 0 Å². The van der Waals surface area contributed by atoms with E-state index in [1.165, 1.54) is 11.9 Å². The summed E-state index contributed by atoms with van der Waals surface area (Å²) >= 11 is 1.33. The molecule has 0 saturated heterocycles. The van der Waals surface area contributed by atoms with Gasteiger partial charge in [-0.1, -0.05) is 11.9 Å². The molecule has 1 N–H and O–H groups in total. The molecule has 0 spiro atoms. The van der Waals surface area contributed by atoms with E-state index in [9.17, 15) is 4.79 Å². The summed E-state index contributed by atoms with van der Waals surface area (Å²) in [7, 11) is 0. The highest BCUT2D eigenvalue weighted by atomic mass is 32.2. The largest absolute Gasteiger partial charge is 0.327 e. The molecule has 0 unspecified atom stereocenters. The van der Waals surface area contributed by atoms with E-state index in [4.69, 9.17) is 0 Å². The molecule has 0 aromatic carbocycles. The number of hydrogen-bond donors (Lipinski definition) is 1. The fourth-order valence-electron chi connectivity index (χ4n) is 1.21. The number of nitrogens with one attached hydrogen (secondary N) is 1. The highest BCUT2D eigenvalue weighted by molar-refractivity contribution is 7.97. The van der Waals surface area contributed by atoms with Gasteiger partial charge in [-0.3, -0.25) is 4.72 Å². The lowest BCUT2D eigenvalue weighted by Crippen LogP contribution is -2.45. The van der Waals surface area contributed by atoms with E-state index in [2.05, 4.69) is 4.72 Å². The van der Waals surface area contributed by atoms with Crippen molar-refractivity contribution in [3.8, 4) is 0 Å². The quantitative estimate of drug-likeness (QED) is 0.691. The van der Waals surface area contributed by atoms with Crippen molar-refractivity contribution in [2.45, 2.75) is 39.8 Å². The standard InChI is InChI=1S/C8H18N2OS/c1-6(2)10(7(3)4)8(11)9-12-5/h6-7H,1-5H3,(H,9,11). The molecule has 2 amide bonds. The Morgan fingerprint density at radius 2 is 1.67 bits per heavy atom. The maximum absolute atomic E-state index is 11.4. The van der Waals surface area contributed by atoms with Crippen LogP contribution in [0.3, 0.4) is 0 Å². The molecule has 0 aromatic rings. The third-order valence-corrected chi connectivity index (χ3v) is 1.92. The Bertz CT molecular complexity index is 140. The first-order valence-corrected chi connectivity index (χ1v) is 5.34. The van der Waals surface area contributed by atoms with E-state index < -0.39 is 0 Å². The van der Waals surface area contributed by atoms with Crippen LogP contribution in [0.15, 0.2) is 0 Å². The molecular weight excluding hydrogens is 172 g/mol. The first kappa shape index (κ1) is 11.6. The average Bonchev–Trinajstić information content (AvgIpc) is 1.85. The Balaban J connectivity index is 4.20. The van der Waals surface area contributed by atoms with Crippen molar-refractivity contribution in [3.05, 3.63) is 0 Å². The molecular formula is C8H18N2OS. The third-order valence-electron chi connectivity index (χ3n) is 1.54. The van der Waals surface area contributed by atoms with Crippen molar-refractivity contribution in [1.82, 2.24) is 9.62 Å². The summed E-state index contributed by atoms with van der Waals surface area (Å²) in [5, 5.41) is 0. The predicted molar refractivity (Wildman–Crippen MR) is 54.2 cm³/mol. The van der Waals surface area contributed by atoms with Crippen molar-refractivity contribution < 1.29 is 4.79 Å². The minimum absolute atomic E-state index is 0.00694. The number of amides is 2. The van der Waals surface area contributed by atoms with Crippen LogP contribution in [0.4, 0.5) is 4.79 Å². The third kappa shape index (κ3) is 3.34. The molecule has 0 saturated carbocycles. The Hall–Kier alpha value is -0.380. The number of carbonyl (C=O) groups is 1. The second-order valence-corrected chi connectivity index (χ2v) is 3.82. The molecule has 0 aromatic heterocycles. The van der Waals surface area contributed by atoms with Gasteiger partial charge in [-0.2, -0.15) is 0 Å². The Morgan fingerprint density at radius 3 is 1.92 bits per heavy atom. The SMILES string of the molecule is CSNC(=O)N(C(C)C)C(C)C. The molecule has 0 radical (unpaired) electrons. The number of rotatable bonds is 3. The summed E-state index contributed by atoms with van der Waals surface area (Å²) in [5.41, 5.74) is 0. The summed E-state index contributed by atoms with van der Waals surface area (Å²) in [5.74, 6) is 0. The van der Waals surface area contributed by atoms with E-state index in [-0.39, 0.29) is 18.1 Å². The van der Waals surface area contributed by atoms with Crippen LogP contribution in [0.5, 0.6) is 0 Å². The van der Waals surface area contributed by atoms with Crippen LogP contribution < -0.4 is 4.72 Å². The molecule has 3 nitrogen and oxygen atoms in total. The van der Waals surface area contributed by atoms with Crippen molar-refractivity contribution >= 4 is 18.0 Å². The predicted octanol–water partition coefficient (Wildman–Crippen LogP) is 2.09. The van der Waals surface area contributed by atoms with Crippen molar-refractivity contribution in [1.29, 1.82) is 0 Å². The molecule has 72 valence electrons. The van der Waals surface area contributed by atoms with Gasteiger partial charge in [0.25, 0.3) is 0 Å².